The molecule has 1 aliphatic rings. The largest absolute Gasteiger partial charge is 0.497 e. The Morgan fingerprint density at radius 2 is 1.74 bits per heavy atom. The van der Waals surface area contributed by atoms with E-state index in [0.717, 1.165) is 48.4 Å². The third-order valence-electron chi connectivity index (χ3n) is 5.69. The third-order valence-corrected chi connectivity index (χ3v) is 5.69. The van der Waals surface area contributed by atoms with Gasteiger partial charge in [0.1, 0.15) is 11.5 Å². The lowest BCUT2D eigenvalue weighted by atomic mass is 10.0. The molecule has 1 fully saturated rings. The Morgan fingerprint density at radius 1 is 0.968 bits per heavy atom. The zero-order valence-corrected chi connectivity index (χ0v) is 18.8. The lowest BCUT2D eigenvalue weighted by Gasteiger charge is -2.26. The summed E-state index contributed by atoms with van der Waals surface area (Å²) in [5, 5.41) is 3.04. The SMILES string of the molecule is COc1ccc(C2CCCN2CC(=O)NCCc2ccc(OC)c(OC)c2)c(OC)c1. The number of nitrogens with zero attached hydrogens (tertiary/aromatic N) is 1. The predicted octanol–water partition coefficient (Wildman–Crippen LogP) is 3.22. The van der Waals surface area contributed by atoms with Gasteiger partial charge in [-0.25, -0.2) is 0 Å². The van der Waals surface area contributed by atoms with E-state index in [4.69, 9.17) is 18.9 Å². The van der Waals surface area contributed by atoms with Gasteiger partial charge in [-0.3, -0.25) is 9.69 Å². The summed E-state index contributed by atoms with van der Waals surface area (Å²) in [5.41, 5.74) is 2.18. The molecule has 0 saturated carbocycles. The van der Waals surface area contributed by atoms with Gasteiger partial charge in [-0.05, 0) is 49.6 Å². The minimum absolute atomic E-state index is 0.0276. The smallest absolute Gasteiger partial charge is 0.234 e. The summed E-state index contributed by atoms with van der Waals surface area (Å²) in [4.78, 5) is 14.8. The van der Waals surface area contributed by atoms with Crippen LogP contribution in [0.4, 0.5) is 0 Å². The van der Waals surface area contributed by atoms with Gasteiger partial charge in [-0.15, -0.1) is 0 Å². The monoisotopic (exact) mass is 428 g/mol. The number of benzene rings is 2. The quantitative estimate of drug-likeness (QED) is 0.627. The maximum absolute atomic E-state index is 12.6. The Hall–Kier alpha value is -2.93. The number of hydrogen-bond acceptors (Lipinski definition) is 6. The Balaban J connectivity index is 1.55. The van der Waals surface area contributed by atoms with Gasteiger partial charge >= 0.3 is 0 Å². The average molecular weight is 429 g/mol. The molecule has 1 unspecified atom stereocenters. The van der Waals surface area contributed by atoms with Crippen molar-refractivity contribution in [3.8, 4) is 23.0 Å². The van der Waals surface area contributed by atoms with Crippen molar-refractivity contribution < 1.29 is 23.7 Å². The van der Waals surface area contributed by atoms with Gasteiger partial charge in [0.25, 0.3) is 0 Å². The highest BCUT2D eigenvalue weighted by Gasteiger charge is 2.29. The molecule has 0 aromatic heterocycles. The summed E-state index contributed by atoms with van der Waals surface area (Å²) in [5.74, 6) is 2.98. The molecule has 3 rings (SSSR count). The number of carbonyl (C=O) groups excluding carboxylic acids is 1. The van der Waals surface area contributed by atoms with E-state index in [-0.39, 0.29) is 11.9 Å². The van der Waals surface area contributed by atoms with Crippen LogP contribution < -0.4 is 24.3 Å². The van der Waals surface area contributed by atoms with Crippen LogP contribution in [0.3, 0.4) is 0 Å². The van der Waals surface area contributed by atoms with E-state index in [1.165, 1.54) is 0 Å². The molecule has 2 aromatic carbocycles. The molecule has 0 radical (unpaired) electrons. The fraction of sp³-hybridized carbons (Fsp3) is 0.458. The first kappa shape index (κ1) is 22.7. The Kier molecular flexibility index (Phi) is 8.00. The number of rotatable bonds is 10. The molecule has 0 spiro atoms. The third kappa shape index (κ3) is 5.61. The summed E-state index contributed by atoms with van der Waals surface area (Å²) in [6.45, 7) is 1.83. The molecule has 1 amide bonds. The van der Waals surface area contributed by atoms with Crippen molar-refractivity contribution in [3.05, 3.63) is 47.5 Å². The predicted molar refractivity (Wildman–Crippen MR) is 119 cm³/mol. The second-order valence-corrected chi connectivity index (χ2v) is 7.53. The van der Waals surface area contributed by atoms with Crippen LogP contribution in [0.5, 0.6) is 23.0 Å². The van der Waals surface area contributed by atoms with Crippen molar-refractivity contribution in [2.45, 2.75) is 25.3 Å². The Bertz CT molecular complexity index is 886. The molecule has 1 N–H and O–H groups in total. The molecule has 1 saturated heterocycles. The van der Waals surface area contributed by atoms with Crippen LogP contribution in [0.25, 0.3) is 0 Å². The summed E-state index contributed by atoms with van der Waals surface area (Å²) >= 11 is 0. The maximum atomic E-state index is 12.6. The number of nitrogens with one attached hydrogen (secondary N) is 1. The van der Waals surface area contributed by atoms with Crippen molar-refractivity contribution in [1.82, 2.24) is 10.2 Å². The average Bonchev–Trinajstić information content (AvgIpc) is 3.25. The molecule has 168 valence electrons. The van der Waals surface area contributed by atoms with E-state index in [1.54, 1.807) is 28.4 Å². The molecule has 7 nitrogen and oxygen atoms in total. The maximum Gasteiger partial charge on any atom is 0.234 e. The van der Waals surface area contributed by atoms with Crippen LogP contribution in [-0.2, 0) is 11.2 Å². The van der Waals surface area contributed by atoms with Crippen LogP contribution >= 0.6 is 0 Å². The summed E-state index contributed by atoms with van der Waals surface area (Å²) in [6, 6.07) is 11.9. The van der Waals surface area contributed by atoms with E-state index in [9.17, 15) is 4.79 Å². The highest BCUT2D eigenvalue weighted by Crippen LogP contribution is 2.38. The molecule has 2 aromatic rings. The highest BCUT2D eigenvalue weighted by atomic mass is 16.5. The molecular formula is C24H32N2O5. The van der Waals surface area contributed by atoms with E-state index in [1.807, 2.05) is 36.4 Å². The van der Waals surface area contributed by atoms with Crippen molar-refractivity contribution in [2.75, 3.05) is 48.1 Å². The van der Waals surface area contributed by atoms with Crippen LogP contribution in [0, 0.1) is 0 Å². The first-order chi connectivity index (χ1) is 15.1. The van der Waals surface area contributed by atoms with Crippen molar-refractivity contribution >= 4 is 5.91 Å². The van der Waals surface area contributed by atoms with Gasteiger partial charge in [-0.2, -0.15) is 0 Å². The van der Waals surface area contributed by atoms with Gasteiger partial charge in [0.15, 0.2) is 11.5 Å². The van der Waals surface area contributed by atoms with Gasteiger partial charge in [0.05, 0.1) is 35.0 Å². The molecule has 7 heteroatoms. The normalized spacial score (nSPS) is 16.1. The van der Waals surface area contributed by atoms with Gasteiger partial charge < -0.3 is 24.3 Å². The molecule has 1 aliphatic heterocycles. The molecular weight excluding hydrogens is 396 g/mol. The zero-order valence-electron chi connectivity index (χ0n) is 18.8. The van der Waals surface area contributed by atoms with Crippen molar-refractivity contribution in [2.24, 2.45) is 0 Å². The van der Waals surface area contributed by atoms with Crippen LogP contribution in [0.15, 0.2) is 36.4 Å². The Morgan fingerprint density at radius 3 is 2.45 bits per heavy atom. The van der Waals surface area contributed by atoms with E-state index >= 15 is 0 Å². The number of likely N-dealkylation sites (tertiary alicyclic amines) is 1. The van der Waals surface area contributed by atoms with Crippen LogP contribution in [0.1, 0.15) is 30.0 Å². The number of hydrogen-bond donors (Lipinski definition) is 1. The molecule has 0 bridgehead atoms. The van der Waals surface area contributed by atoms with Crippen LogP contribution in [-0.4, -0.2) is 58.9 Å². The molecule has 1 atom stereocenters. The van der Waals surface area contributed by atoms with E-state index in [0.29, 0.717) is 24.6 Å². The fourth-order valence-electron chi connectivity index (χ4n) is 4.08. The second kappa shape index (κ2) is 10.9. The topological polar surface area (TPSA) is 69.3 Å². The number of carbonyl (C=O) groups is 1. The van der Waals surface area contributed by atoms with E-state index < -0.39 is 0 Å². The minimum Gasteiger partial charge on any atom is -0.497 e. The minimum atomic E-state index is 0.0276. The summed E-state index contributed by atoms with van der Waals surface area (Å²) in [6.07, 6.45) is 2.78. The standard InChI is InChI=1S/C24H32N2O5/c1-28-18-8-9-19(22(15-18)30-3)20-6-5-13-26(20)16-24(27)25-12-11-17-7-10-21(29-2)23(14-17)31-4/h7-10,14-15,20H,5-6,11-13,16H2,1-4H3,(H,25,27). The second-order valence-electron chi connectivity index (χ2n) is 7.53. The summed E-state index contributed by atoms with van der Waals surface area (Å²) in [7, 11) is 6.54. The summed E-state index contributed by atoms with van der Waals surface area (Å²) < 4.78 is 21.5. The molecule has 1 heterocycles. The van der Waals surface area contributed by atoms with Crippen molar-refractivity contribution in [1.29, 1.82) is 0 Å². The highest BCUT2D eigenvalue weighted by molar-refractivity contribution is 5.78. The number of amides is 1. The first-order valence-corrected chi connectivity index (χ1v) is 10.5. The van der Waals surface area contributed by atoms with Gasteiger partial charge in [0.2, 0.25) is 5.91 Å². The zero-order chi connectivity index (χ0) is 22.2. The molecule has 31 heavy (non-hydrogen) atoms. The van der Waals surface area contributed by atoms with Gasteiger partial charge in [0, 0.05) is 24.2 Å². The Labute approximate surface area is 184 Å². The van der Waals surface area contributed by atoms with Gasteiger partial charge in [-0.1, -0.05) is 12.1 Å². The number of ether oxygens (including phenoxy) is 4. The number of methoxy groups -OCH3 is 4. The fourth-order valence-corrected chi connectivity index (χ4v) is 4.08. The molecule has 0 aliphatic carbocycles. The lowest BCUT2D eigenvalue weighted by Crippen LogP contribution is -2.37. The lowest BCUT2D eigenvalue weighted by molar-refractivity contribution is -0.122. The van der Waals surface area contributed by atoms with Crippen molar-refractivity contribution in [3.63, 3.8) is 0 Å². The first-order valence-electron chi connectivity index (χ1n) is 10.5. The van der Waals surface area contributed by atoms with Crippen LogP contribution in [0.2, 0.25) is 0 Å². The van der Waals surface area contributed by atoms with E-state index in [2.05, 4.69) is 10.2 Å².